The van der Waals surface area contributed by atoms with E-state index in [1.54, 1.807) is 84.9 Å². The van der Waals surface area contributed by atoms with Gasteiger partial charge in [0, 0.05) is 38.9 Å². The molecule has 10 heteroatoms. The minimum absolute atomic E-state index is 0.0226. The lowest BCUT2D eigenvalue weighted by atomic mass is 10.1. The van der Waals surface area contributed by atoms with Gasteiger partial charge in [-0.2, -0.15) is 0 Å². The van der Waals surface area contributed by atoms with Crippen LogP contribution in [0.1, 0.15) is 21.5 Å². The summed E-state index contributed by atoms with van der Waals surface area (Å²) in [6.07, 6.45) is 1.46. The molecular formula is C32H22Cl2N2O5S. The molecule has 7 nitrogen and oxygen atoms in total. The van der Waals surface area contributed by atoms with Gasteiger partial charge in [-0.15, -0.1) is 11.8 Å². The predicted octanol–water partition coefficient (Wildman–Crippen LogP) is 7.51. The molecule has 0 radical (unpaired) electrons. The quantitative estimate of drug-likeness (QED) is 0.0945. The lowest BCUT2D eigenvalue weighted by Crippen LogP contribution is -2.30. The number of halogens is 2. The molecule has 210 valence electrons. The number of fused-ring (bicyclic) bond motifs is 1. The highest BCUT2D eigenvalue weighted by Gasteiger charge is 2.16. The van der Waals surface area contributed by atoms with Crippen LogP contribution in [0.25, 0.3) is 17.0 Å². The van der Waals surface area contributed by atoms with E-state index in [2.05, 4.69) is 10.6 Å². The third kappa shape index (κ3) is 7.03. The number of phenolic OH excluding ortho intramolecular Hbond substituents is 1. The van der Waals surface area contributed by atoms with Crippen LogP contribution < -0.4 is 16.3 Å². The molecule has 1 heterocycles. The first-order valence-corrected chi connectivity index (χ1v) is 14.3. The van der Waals surface area contributed by atoms with Crippen LogP contribution in [0.3, 0.4) is 0 Å². The largest absolute Gasteiger partial charge is 0.508 e. The van der Waals surface area contributed by atoms with E-state index in [0.29, 0.717) is 44.1 Å². The molecule has 0 spiro atoms. The van der Waals surface area contributed by atoms with Crippen molar-refractivity contribution in [2.45, 2.75) is 10.6 Å². The summed E-state index contributed by atoms with van der Waals surface area (Å²) >= 11 is 13.9. The van der Waals surface area contributed by atoms with Gasteiger partial charge in [0.15, 0.2) is 0 Å². The third-order valence-corrected chi connectivity index (χ3v) is 8.00. The Morgan fingerprint density at radius 3 is 2.43 bits per heavy atom. The molecule has 0 fully saturated rings. The van der Waals surface area contributed by atoms with Crippen molar-refractivity contribution in [3.05, 3.63) is 140 Å². The van der Waals surface area contributed by atoms with Crippen LogP contribution >= 0.6 is 35.0 Å². The maximum atomic E-state index is 13.3. The minimum Gasteiger partial charge on any atom is -0.508 e. The standard InChI is InChI=1S/C32H22Cl2N2O5S/c33-26-8-4-7-21(29(26)34)16-27(36-30(38)19-5-2-1-3-6-19)31(39)35-23-10-13-25(14-11-23)42-18-22-15-20-9-12-24(37)17-28(20)41-32(22)40/h1-17,37H,18H2,(H,35,39)(H,36,38)/b27-16-. The average Bonchev–Trinajstić information content (AvgIpc) is 2.99. The van der Waals surface area contributed by atoms with Crippen molar-refractivity contribution < 1.29 is 19.1 Å². The Morgan fingerprint density at radius 1 is 0.905 bits per heavy atom. The minimum atomic E-state index is -0.560. The summed E-state index contributed by atoms with van der Waals surface area (Å²) in [5.41, 5.74) is 1.65. The normalized spacial score (nSPS) is 11.3. The topological polar surface area (TPSA) is 109 Å². The summed E-state index contributed by atoms with van der Waals surface area (Å²) in [6.45, 7) is 0. The smallest absolute Gasteiger partial charge is 0.340 e. The predicted molar refractivity (Wildman–Crippen MR) is 167 cm³/mol. The molecule has 0 saturated heterocycles. The SMILES string of the molecule is O=C(Nc1ccc(SCc2cc3ccc(O)cc3oc2=O)cc1)/C(=C/c1cccc(Cl)c1Cl)NC(=O)c1ccccc1. The number of carbonyl (C=O) groups excluding carboxylic acids is 2. The molecule has 2 amide bonds. The average molecular weight is 618 g/mol. The Bertz CT molecular complexity index is 1870. The maximum absolute atomic E-state index is 13.3. The van der Waals surface area contributed by atoms with Gasteiger partial charge in [0.1, 0.15) is 17.0 Å². The van der Waals surface area contributed by atoms with Crippen LogP contribution in [0.5, 0.6) is 5.75 Å². The summed E-state index contributed by atoms with van der Waals surface area (Å²) in [7, 11) is 0. The Morgan fingerprint density at radius 2 is 1.67 bits per heavy atom. The maximum Gasteiger partial charge on any atom is 0.340 e. The van der Waals surface area contributed by atoms with Gasteiger partial charge in [-0.05, 0) is 72.3 Å². The molecule has 0 aliphatic rings. The zero-order chi connectivity index (χ0) is 29.6. The second kappa shape index (κ2) is 13.0. The summed E-state index contributed by atoms with van der Waals surface area (Å²) in [5.74, 6) is -0.634. The van der Waals surface area contributed by atoms with E-state index in [1.165, 1.54) is 30.0 Å². The summed E-state index contributed by atoms with van der Waals surface area (Å²) < 4.78 is 5.33. The van der Waals surface area contributed by atoms with Gasteiger partial charge in [0.05, 0.1) is 10.0 Å². The van der Waals surface area contributed by atoms with Gasteiger partial charge >= 0.3 is 5.63 Å². The molecule has 5 rings (SSSR count). The Hall–Kier alpha value is -4.50. The molecule has 5 aromatic rings. The van der Waals surface area contributed by atoms with Gasteiger partial charge in [0.2, 0.25) is 0 Å². The van der Waals surface area contributed by atoms with Crippen molar-refractivity contribution in [2.24, 2.45) is 0 Å². The van der Waals surface area contributed by atoms with E-state index in [1.807, 2.05) is 0 Å². The van der Waals surface area contributed by atoms with Crippen molar-refractivity contribution in [1.29, 1.82) is 0 Å². The zero-order valence-electron chi connectivity index (χ0n) is 21.8. The third-order valence-electron chi connectivity index (χ3n) is 6.11. The Labute approximate surface area is 254 Å². The van der Waals surface area contributed by atoms with E-state index < -0.39 is 17.4 Å². The molecule has 3 N–H and O–H groups in total. The van der Waals surface area contributed by atoms with E-state index in [-0.39, 0.29) is 16.5 Å². The first-order valence-electron chi connectivity index (χ1n) is 12.6. The summed E-state index contributed by atoms with van der Waals surface area (Å²) in [5, 5.41) is 16.3. The molecule has 0 saturated carbocycles. The van der Waals surface area contributed by atoms with Crippen molar-refractivity contribution in [3.8, 4) is 5.75 Å². The molecule has 0 unspecified atom stereocenters. The van der Waals surface area contributed by atoms with E-state index >= 15 is 0 Å². The van der Waals surface area contributed by atoms with Crippen molar-refractivity contribution in [1.82, 2.24) is 5.32 Å². The van der Waals surface area contributed by atoms with Crippen molar-refractivity contribution in [3.63, 3.8) is 0 Å². The van der Waals surface area contributed by atoms with Crippen molar-refractivity contribution >= 4 is 69.5 Å². The number of nitrogens with one attached hydrogen (secondary N) is 2. The molecule has 0 atom stereocenters. The second-order valence-electron chi connectivity index (χ2n) is 9.07. The van der Waals surface area contributed by atoms with Crippen LogP contribution in [0, 0.1) is 0 Å². The fourth-order valence-corrected chi connectivity index (χ4v) is 5.18. The molecule has 1 aromatic heterocycles. The number of hydrogen-bond acceptors (Lipinski definition) is 6. The fraction of sp³-hybridized carbons (Fsp3) is 0.0312. The van der Waals surface area contributed by atoms with Gasteiger partial charge in [0.25, 0.3) is 11.8 Å². The second-order valence-corrected chi connectivity index (χ2v) is 10.9. The number of benzene rings is 4. The van der Waals surface area contributed by atoms with Gasteiger partial charge in [-0.3, -0.25) is 9.59 Å². The summed E-state index contributed by atoms with van der Waals surface area (Å²) in [6, 6.07) is 26.9. The van der Waals surface area contributed by atoms with Crippen molar-refractivity contribution in [2.75, 3.05) is 5.32 Å². The zero-order valence-corrected chi connectivity index (χ0v) is 24.1. The lowest BCUT2D eigenvalue weighted by molar-refractivity contribution is -0.113. The highest BCUT2D eigenvalue weighted by atomic mass is 35.5. The number of carbonyl (C=O) groups is 2. The van der Waals surface area contributed by atoms with Crippen LogP contribution in [-0.4, -0.2) is 16.9 Å². The molecule has 0 aliphatic carbocycles. The molecule has 42 heavy (non-hydrogen) atoms. The van der Waals surface area contributed by atoms with E-state index in [4.69, 9.17) is 27.6 Å². The van der Waals surface area contributed by atoms with Crippen LogP contribution in [-0.2, 0) is 10.5 Å². The number of hydrogen-bond donors (Lipinski definition) is 3. The van der Waals surface area contributed by atoms with Gasteiger partial charge in [-0.1, -0.05) is 53.5 Å². The van der Waals surface area contributed by atoms with Crippen LogP contribution in [0.15, 0.2) is 117 Å². The Kier molecular flexibility index (Phi) is 8.97. The van der Waals surface area contributed by atoms with Crippen LogP contribution in [0.4, 0.5) is 5.69 Å². The monoisotopic (exact) mass is 616 g/mol. The van der Waals surface area contributed by atoms with Gasteiger partial charge in [-0.25, -0.2) is 4.79 Å². The molecule has 0 bridgehead atoms. The van der Waals surface area contributed by atoms with E-state index in [0.717, 1.165) is 4.90 Å². The number of thioether (sulfide) groups is 1. The number of phenols is 1. The summed E-state index contributed by atoms with van der Waals surface area (Å²) in [4.78, 5) is 39.4. The van der Waals surface area contributed by atoms with Crippen LogP contribution in [0.2, 0.25) is 10.0 Å². The highest BCUT2D eigenvalue weighted by molar-refractivity contribution is 7.98. The lowest BCUT2D eigenvalue weighted by Gasteiger charge is -2.12. The number of rotatable bonds is 8. The number of aromatic hydroxyl groups is 1. The molecule has 0 aliphatic heterocycles. The molecule has 4 aromatic carbocycles. The Balaban J connectivity index is 1.30. The van der Waals surface area contributed by atoms with Gasteiger partial charge < -0.3 is 20.2 Å². The first-order chi connectivity index (χ1) is 20.3. The van der Waals surface area contributed by atoms with E-state index in [9.17, 15) is 19.5 Å². The number of amides is 2. The molecular weight excluding hydrogens is 595 g/mol. The number of anilines is 1. The first kappa shape index (κ1) is 29.0. The highest BCUT2D eigenvalue weighted by Crippen LogP contribution is 2.28. The fourth-order valence-electron chi connectivity index (χ4n) is 3.97.